The molecule has 0 unspecified atom stereocenters. The monoisotopic (exact) mass is 407 g/mol. The summed E-state index contributed by atoms with van der Waals surface area (Å²) < 4.78 is 11.4. The fourth-order valence-electron chi connectivity index (χ4n) is 5.06. The number of rotatable bonds is 5. The van der Waals surface area contributed by atoms with Gasteiger partial charge in [0.15, 0.2) is 5.76 Å². The highest BCUT2D eigenvalue weighted by Gasteiger charge is 2.67. The smallest absolute Gasteiger partial charge is 0.230 e. The maximum Gasteiger partial charge on any atom is 0.230 e. The first-order chi connectivity index (χ1) is 14.4. The first-order valence-corrected chi connectivity index (χ1v) is 10.2. The van der Waals surface area contributed by atoms with Gasteiger partial charge in [-0.15, -0.1) is 0 Å². The Kier molecular flexibility index (Phi) is 4.32. The number of hydrogen-bond acceptors (Lipinski definition) is 5. The van der Waals surface area contributed by atoms with Gasteiger partial charge in [-0.2, -0.15) is 0 Å². The third-order valence-corrected chi connectivity index (χ3v) is 6.59. The summed E-state index contributed by atoms with van der Waals surface area (Å²) in [6.45, 7) is 5.43. The number of amides is 2. The van der Waals surface area contributed by atoms with E-state index in [-0.39, 0.29) is 17.9 Å². The molecule has 2 saturated heterocycles. The van der Waals surface area contributed by atoms with E-state index < -0.39 is 17.4 Å². The molecule has 0 radical (unpaired) electrons. The quantitative estimate of drug-likeness (QED) is 0.711. The summed E-state index contributed by atoms with van der Waals surface area (Å²) in [6.07, 6.45) is 5.13. The summed E-state index contributed by atoms with van der Waals surface area (Å²) in [7, 11) is 1.72. The molecule has 2 aromatic rings. The molecule has 4 atom stereocenters. The van der Waals surface area contributed by atoms with Gasteiger partial charge < -0.3 is 19.1 Å². The van der Waals surface area contributed by atoms with Crippen LogP contribution < -0.4 is 0 Å². The van der Waals surface area contributed by atoms with Crippen LogP contribution in [0.2, 0.25) is 0 Å². The lowest BCUT2D eigenvalue weighted by molar-refractivity contribution is -0.143. The summed E-state index contributed by atoms with van der Waals surface area (Å²) in [4.78, 5) is 30.2. The zero-order valence-corrected chi connectivity index (χ0v) is 17.4. The van der Waals surface area contributed by atoms with Crippen LogP contribution in [0.25, 0.3) is 0 Å². The molecule has 2 fully saturated rings. The molecule has 2 bridgehead atoms. The van der Waals surface area contributed by atoms with Crippen LogP contribution in [-0.2, 0) is 27.4 Å². The summed E-state index contributed by atoms with van der Waals surface area (Å²) in [5, 5.41) is 3.69. The SMILES string of the molecule is Cc1ccc(C)c(CN2C[C@]34C=C[C@H](O3)[C@@H](C(=O)N(C)Cc3ccno3)[C@@H]4C2=O)c1. The first-order valence-electron chi connectivity index (χ1n) is 10.2. The molecule has 156 valence electrons. The maximum atomic E-state index is 13.4. The molecule has 3 aliphatic heterocycles. The van der Waals surface area contributed by atoms with E-state index in [1.807, 2.05) is 17.1 Å². The van der Waals surface area contributed by atoms with Crippen LogP contribution >= 0.6 is 0 Å². The highest BCUT2D eigenvalue weighted by molar-refractivity contribution is 5.93. The Morgan fingerprint density at radius 2 is 2.17 bits per heavy atom. The molecule has 0 saturated carbocycles. The second-order valence-corrected chi connectivity index (χ2v) is 8.70. The Labute approximate surface area is 175 Å². The highest BCUT2D eigenvalue weighted by atomic mass is 16.5. The van der Waals surface area contributed by atoms with E-state index in [2.05, 4.69) is 37.2 Å². The van der Waals surface area contributed by atoms with Crippen molar-refractivity contribution < 1.29 is 18.8 Å². The van der Waals surface area contributed by atoms with Gasteiger partial charge in [0, 0.05) is 19.7 Å². The van der Waals surface area contributed by atoms with Crippen molar-refractivity contribution in [3.63, 3.8) is 0 Å². The third kappa shape index (κ3) is 2.88. The van der Waals surface area contributed by atoms with E-state index in [9.17, 15) is 9.59 Å². The maximum absolute atomic E-state index is 13.4. The van der Waals surface area contributed by atoms with Crippen LogP contribution in [0.4, 0.5) is 0 Å². The number of carbonyl (C=O) groups is 2. The van der Waals surface area contributed by atoms with Crippen LogP contribution in [0.15, 0.2) is 47.1 Å². The number of fused-ring (bicyclic) bond motifs is 1. The van der Waals surface area contributed by atoms with E-state index >= 15 is 0 Å². The molecular weight excluding hydrogens is 382 g/mol. The minimum Gasteiger partial charge on any atom is -0.360 e. The Hall–Kier alpha value is -2.93. The van der Waals surface area contributed by atoms with Gasteiger partial charge in [-0.25, -0.2) is 0 Å². The first kappa shape index (κ1) is 19.1. The van der Waals surface area contributed by atoms with Crippen LogP contribution in [0.5, 0.6) is 0 Å². The minimum absolute atomic E-state index is 0.00540. The largest absolute Gasteiger partial charge is 0.360 e. The second kappa shape index (κ2) is 6.80. The lowest BCUT2D eigenvalue weighted by Crippen LogP contribution is -2.44. The van der Waals surface area contributed by atoms with Crippen molar-refractivity contribution in [3.05, 3.63) is 65.1 Å². The third-order valence-electron chi connectivity index (χ3n) is 6.59. The normalized spacial score (nSPS) is 29.0. The van der Waals surface area contributed by atoms with Gasteiger partial charge in [0.25, 0.3) is 0 Å². The van der Waals surface area contributed by atoms with Crippen LogP contribution in [0.1, 0.15) is 22.5 Å². The summed E-state index contributed by atoms with van der Waals surface area (Å²) in [5.41, 5.74) is 2.75. The number of aryl methyl sites for hydroxylation is 2. The van der Waals surface area contributed by atoms with Gasteiger partial charge in [-0.05, 0) is 25.0 Å². The van der Waals surface area contributed by atoms with Crippen LogP contribution in [-0.4, -0.2) is 52.1 Å². The van der Waals surface area contributed by atoms with Gasteiger partial charge in [0.1, 0.15) is 5.60 Å². The van der Waals surface area contributed by atoms with Crippen molar-refractivity contribution in [1.29, 1.82) is 0 Å². The molecule has 7 nitrogen and oxygen atoms in total. The average Bonchev–Trinajstić information content (AvgIpc) is 3.47. The number of aromatic nitrogens is 1. The number of benzene rings is 1. The molecule has 1 spiro atoms. The lowest BCUT2D eigenvalue weighted by Gasteiger charge is -2.27. The molecule has 0 N–H and O–H groups in total. The molecule has 30 heavy (non-hydrogen) atoms. The molecule has 4 heterocycles. The Morgan fingerprint density at radius 1 is 1.33 bits per heavy atom. The topological polar surface area (TPSA) is 75.9 Å². The molecule has 3 aliphatic rings. The Morgan fingerprint density at radius 3 is 2.93 bits per heavy atom. The van der Waals surface area contributed by atoms with Gasteiger partial charge in [-0.1, -0.05) is 41.1 Å². The molecule has 5 rings (SSSR count). The fraction of sp³-hybridized carbons (Fsp3) is 0.435. The average molecular weight is 407 g/mol. The van der Waals surface area contributed by atoms with E-state index in [4.69, 9.17) is 9.26 Å². The standard InChI is InChI=1S/C23H25N3O4/c1-14-4-5-15(2)16(10-14)11-26-13-23-8-6-18(29-23)19(20(23)22(26)28)21(27)25(3)12-17-7-9-24-30-17/h4-10,18-20H,11-13H2,1-3H3/t18-,19+,20+,23-/m0/s1. The summed E-state index contributed by atoms with van der Waals surface area (Å²) >= 11 is 0. The van der Waals surface area contributed by atoms with E-state index in [1.165, 1.54) is 5.56 Å². The van der Waals surface area contributed by atoms with Gasteiger partial charge in [-0.3, -0.25) is 9.59 Å². The van der Waals surface area contributed by atoms with E-state index in [0.717, 1.165) is 11.1 Å². The Bertz CT molecular complexity index is 1030. The van der Waals surface area contributed by atoms with Gasteiger partial charge >= 0.3 is 0 Å². The fourth-order valence-corrected chi connectivity index (χ4v) is 5.06. The highest BCUT2D eigenvalue weighted by Crippen LogP contribution is 2.52. The predicted octanol–water partition coefficient (Wildman–Crippen LogP) is 2.23. The Balaban J connectivity index is 1.38. The van der Waals surface area contributed by atoms with Crippen LogP contribution in [0.3, 0.4) is 0 Å². The van der Waals surface area contributed by atoms with Gasteiger partial charge in [0.2, 0.25) is 11.8 Å². The summed E-state index contributed by atoms with van der Waals surface area (Å²) in [5.74, 6) is -0.500. The minimum atomic E-state index is -0.702. The number of ether oxygens (including phenoxy) is 1. The zero-order valence-electron chi connectivity index (χ0n) is 17.4. The number of hydrogen-bond donors (Lipinski definition) is 0. The van der Waals surface area contributed by atoms with Crippen molar-refractivity contribution >= 4 is 11.8 Å². The number of nitrogens with zero attached hydrogens (tertiary/aromatic N) is 3. The number of likely N-dealkylation sites (tertiary alicyclic amines) is 1. The zero-order chi connectivity index (χ0) is 21.0. The van der Waals surface area contributed by atoms with Crippen LogP contribution in [0, 0.1) is 25.7 Å². The van der Waals surface area contributed by atoms with Gasteiger partial charge in [0.05, 0.1) is 37.2 Å². The predicted molar refractivity (Wildman–Crippen MR) is 108 cm³/mol. The second-order valence-electron chi connectivity index (χ2n) is 8.70. The molecule has 1 aromatic carbocycles. The van der Waals surface area contributed by atoms with Crippen molar-refractivity contribution in [1.82, 2.24) is 15.0 Å². The summed E-state index contributed by atoms with van der Waals surface area (Å²) in [6, 6.07) is 8.01. The van der Waals surface area contributed by atoms with E-state index in [0.29, 0.717) is 25.4 Å². The molecular formula is C23H25N3O4. The molecule has 7 heteroatoms. The van der Waals surface area contributed by atoms with Crippen molar-refractivity contribution in [3.8, 4) is 0 Å². The van der Waals surface area contributed by atoms with Crippen molar-refractivity contribution in [2.24, 2.45) is 11.8 Å². The molecule has 1 aromatic heterocycles. The van der Waals surface area contributed by atoms with Crippen molar-refractivity contribution in [2.75, 3.05) is 13.6 Å². The lowest BCUT2D eigenvalue weighted by atomic mass is 9.76. The van der Waals surface area contributed by atoms with Crippen molar-refractivity contribution in [2.45, 2.75) is 38.6 Å². The number of carbonyl (C=O) groups excluding carboxylic acids is 2. The molecule has 0 aliphatic carbocycles. The van der Waals surface area contributed by atoms with E-state index in [1.54, 1.807) is 24.2 Å². The molecule has 2 amide bonds.